The van der Waals surface area contributed by atoms with Gasteiger partial charge >= 0.3 is 11.5 Å². The summed E-state index contributed by atoms with van der Waals surface area (Å²) in [5.41, 5.74) is 1.05. The first kappa shape index (κ1) is 16.0. The summed E-state index contributed by atoms with van der Waals surface area (Å²) in [6, 6.07) is 8.80. The van der Waals surface area contributed by atoms with E-state index >= 15 is 0 Å². The molecule has 0 bridgehead atoms. The van der Waals surface area contributed by atoms with Gasteiger partial charge in [0.1, 0.15) is 17.5 Å². The van der Waals surface area contributed by atoms with Gasteiger partial charge in [0.05, 0.1) is 31.9 Å². The van der Waals surface area contributed by atoms with E-state index in [2.05, 4.69) is 4.98 Å². The molecule has 7 heteroatoms. The summed E-state index contributed by atoms with van der Waals surface area (Å²) >= 11 is 0. The second-order valence-electron chi connectivity index (χ2n) is 5.62. The number of H-pyrrole nitrogens is 1. The first-order valence-electron chi connectivity index (χ1n) is 7.79. The highest BCUT2D eigenvalue weighted by Gasteiger charge is 2.39. The molecule has 0 aliphatic carbocycles. The molecule has 0 saturated carbocycles. The van der Waals surface area contributed by atoms with Crippen LogP contribution in [0.5, 0.6) is 11.5 Å². The number of nitrogens with zero attached hydrogens (tertiary/aromatic N) is 2. The standard InChI is InChI=1S/C17H19N3O4/c1-23-12-7-8-16(24-2)13(11-12)14-6-4-10-19(14)17-15(20(21)22)5-3-9-18-17/h3,5,7-9,11,14H,4,6,10H2,1-2H3/p+1/t14-/m1/s1. The van der Waals surface area contributed by atoms with E-state index in [0.717, 1.165) is 36.4 Å². The van der Waals surface area contributed by atoms with Crippen LogP contribution in [0.2, 0.25) is 0 Å². The van der Waals surface area contributed by atoms with Crippen LogP contribution in [-0.4, -0.2) is 25.7 Å². The third kappa shape index (κ3) is 2.84. The Labute approximate surface area is 140 Å². The van der Waals surface area contributed by atoms with E-state index in [1.54, 1.807) is 26.5 Å². The highest BCUT2D eigenvalue weighted by atomic mass is 16.6. The van der Waals surface area contributed by atoms with Gasteiger partial charge in [-0.3, -0.25) is 10.1 Å². The van der Waals surface area contributed by atoms with Gasteiger partial charge < -0.3 is 9.47 Å². The maximum atomic E-state index is 11.4. The number of pyridine rings is 1. The number of anilines is 1. The Hall–Kier alpha value is -2.83. The van der Waals surface area contributed by atoms with Gasteiger partial charge in [-0.1, -0.05) is 0 Å². The minimum absolute atomic E-state index is 0.00704. The molecule has 1 aromatic heterocycles. The maximum absolute atomic E-state index is 11.4. The van der Waals surface area contributed by atoms with Crippen LogP contribution in [0.4, 0.5) is 11.5 Å². The van der Waals surface area contributed by atoms with E-state index in [-0.39, 0.29) is 16.7 Å². The summed E-state index contributed by atoms with van der Waals surface area (Å²) < 4.78 is 10.8. The fourth-order valence-electron chi connectivity index (χ4n) is 3.25. The molecular weight excluding hydrogens is 310 g/mol. The summed E-state index contributed by atoms with van der Waals surface area (Å²) in [4.78, 5) is 16.1. The zero-order chi connectivity index (χ0) is 17.1. The van der Waals surface area contributed by atoms with Gasteiger partial charge in [0.2, 0.25) is 0 Å². The van der Waals surface area contributed by atoms with Crippen LogP contribution in [0.25, 0.3) is 0 Å². The Balaban J connectivity index is 2.05. The van der Waals surface area contributed by atoms with Crippen LogP contribution >= 0.6 is 0 Å². The lowest BCUT2D eigenvalue weighted by Gasteiger charge is -2.21. The van der Waals surface area contributed by atoms with E-state index in [4.69, 9.17) is 9.47 Å². The number of ether oxygens (including phenoxy) is 2. The molecule has 1 aliphatic heterocycles. The molecule has 1 N–H and O–H groups in total. The van der Waals surface area contributed by atoms with Crippen LogP contribution < -0.4 is 19.4 Å². The zero-order valence-corrected chi connectivity index (χ0v) is 13.7. The number of nitro groups is 1. The van der Waals surface area contributed by atoms with Gasteiger partial charge in [-0.2, -0.15) is 0 Å². The van der Waals surface area contributed by atoms with E-state index in [0.29, 0.717) is 5.82 Å². The third-order valence-electron chi connectivity index (χ3n) is 4.35. The van der Waals surface area contributed by atoms with Crippen molar-refractivity contribution in [2.75, 3.05) is 25.7 Å². The molecule has 2 heterocycles. The highest BCUT2D eigenvalue weighted by Crippen LogP contribution is 2.42. The molecule has 0 unspecified atom stereocenters. The predicted octanol–water partition coefficient (Wildman–Crippen LogP) is 2.77. The van der Waals surface area contributed by atoms with Gasteiger partial charge in [0.15, 0.2) is 0 Å². The Morgan fingerprint density at radius 2 is 2.12 bits per heavy atom. The first-order valence-corrected chi connectivity index (χ1v) is 7.79. The topological polar surface area (TPSA) is 79.0 Å². The molecule has 3 rings (SSSR count). The van der Waals surface area contributed by atoms with Crippen molar-refractivity contribution in [3.63, 3.8) is 0 Å². The molecule has 1 atom stereocenters. The third-order valence-corrected chi connectivity index (χ3v) is 4.35. The van der Waals surface area contributed by atoms with Crippen molar-refractivity contribution in [3.8, 4) is 11.5 Å². The molecule has 1 fully saturated rings. The van der Waals surface area contributed by atoms with Crippen molar-refractivity contribution < 1.29 is 19.4 Å². The number of rotatable bonds is 5. The SMILES string of the molecule is COc1ccc(OC)c([C@H]2CCCN2c2[nH+]cccc2[N+](=O)[O-])c1. The number of aromatic amines is 1. The Bertz CT molecular complexity index is 750. The molecule has 1 aliphatic rings. The largest absolute Gasteiger partial charge is 0.497 e. The number of nitrogens with one attached hydrogen (secondary N) is 1. The number of methoxy groups -OCH3 is 2. The number of aromatic nitrogens is 1. The molecule has 1 saturated heterocycles. The lowest BCUT2D eigenvalue weighted by Crippen LogP contribution is -2.29. The lowest BCUT2D eigenvalue weighted by molar-refractivity contribution is -0.411. The lowest BCUT2D eigenvalue weighted by atomic mass is 10.0. The summed E-state index contributed by atoms with van der Waals surface area (Å²) in [7, 11) is 3.25. The Morgan fingerprint density at radius 3 is 2.83 bits per heavy atom. The van der Waals surface area contributed by atoms with Gasteiger partial charge in [-0.15, -0.1) is 0 Å². The van der Waals surface area contributed by atoms with Crippen molar-refractivity contribution in [2.45, 2.75) is 18.9 Å². The highest BCUT2D eigenvalue weighted by molar-refractivity contribution is 5.57. The fraction of sp³-hybridized carbons (Fsp3) is 0.353. The molecule has 0 spiro atoms. The Kier molecular flexibility index (Phi) is 4.50. The molecule has 7 nitrogen and oxygen atoms in total. The van der Waals surface area contributed by atoms with Gasteiger partial charge in [-0.05, 0) is 37.1 Å². The molecule has 0 amide bonds. The summed E-state index contributed by atoms with van der Waals surface area (Å²) in [6.07, 6.45) is 3.55. The van der Waals surface area contributed by atoms with E-state index in [1.807, 2.05) is 23.1 Å². The van der Waals surface area contributed by atoms with Crippen LogP contribution in [0, 0.1) is 10.1 Å². The van der Waals surface area contributed by atoms with Gasteiger partial charge in [0.25, 0.3) is 0 Å². The molecule has 0 radical (unpaired) electrons. The minimum atomic E-state index is -0.357. The summed E-state index contributed by atoms with van der Waals surface area (Å²) in [6.45, 7) is 0.742. The van der Waals surface area contributed by atoms with Crippen molar-refractivity contribution in [2.24, 2.45) is 0 Å². The maximum Gasteiger partial charge on any atom is 0.357 e. The molecule has 2 aromatic rings. The second kappa shape index (κ2) is 6.74. The number of hydrogen-bond acceptors (Lipinski definition) is 5. The molecular formula is C17H20N3O4+. The van der Waals surface area contributed by atoms with Crippen LogP contribution in [0.1, 0.15) is 24.4 Å². The van der Waals surface area contributed by atoms with Gasteiger partial charge in [-0.25, -0.2) is 9.88 Å². The predicted molar refractivity (Wildman–Crippen MR) is 88.5 cm³/mol. The number of hydrogen-bond donors (Lipinski definition) is 0. The average molecular weight is 330 g/mol. The van der Waals surface area contributed by atoms with Crippen molar-refractivity contribution in [1.82, 2.24) is 0 Å². The first-order chi connectivity index (χ1) is 11.7. The molecule has 24 heavy (non-hydrogen) atoms. The number of benzene rings is 1. The molecule has 1 aromatic carbocycles. The monoisotopic (exact) mass is 330 g/mol. The smallest absolute Gasteiger partial charge is 0.357 e. The quantitative estimate of drug-likeness (QED) is 0.622. The zero-order valence-electron chi connectivity index (χ0n) is 13.7. The minimum Gasteiger partial charge on any atom is -0.497 e. The summed E-state index contributed by atoms with van der Waals surface area (Å²) in [5.74, 6) is 2.02. The van der Waals surface area contributed by atoms with Crippen LogP contribution in [0.15, 0.2) is 36.5 Å². The van der Waals surface area contributed by atoms with Gasteiger partial charge in [0, 0.05) is 11.6 Å². The Morgan fingerprint density at radius 1 is 1.29 bits per heavy atom. The molecule has 126 valence electrons. The van der Waals surface area contributed by atoms with Crippen molar-refractivity contribution >= 4 is 11.5 Å². The van der Waals surface area contributed by atoms with Crippen LogP contribution in [-0.2, 0) is 0 Å². The average Bonchev–Trinajstić information content (AvgIpc) is 3.10. The van der Waals surface area contributed by atoms with E-state index in [9.17, 15) is 10.1 Å². The van der Waals surface area contributed by atoms with E-state index < -0.39 is 0 Å². The van der Waals surface area contributed by atoms with Crippen molar-refractivity contribution in [1.29, 1.82) is 0 Å². The van der Waals surface area contributed by atoms with Crippen LogP contribution in [0.3, 0.4) is 0 Å². The second-order valence-corrected chi connectivity index (χ2v) is 5.62. The fourth-order valence-corrected chi connectivity index (χ4v) is 3.25. The van der Waals surface area contributed by atoms with E-state index in [1.165, 1.54) is 6.07 Å². The summed E-state index contributed by atoms with van der Waals surface area (Å²) in [5, 5.41) is 11.4. The van der Waals surface area contributed by atoms with Crippen molar-refractivity contribution in [3.05, 3.63) is 52.2 Å². The normalized spacial score (nSPS) is 16.9.